The maximum absolute atomic E-state index is 13.1. The van der Waals surface area contributed by atoms with Crippen molar-refractivity contribution >= 4 is 11.7 Å². The highest BCUT2D eigenvalue weighted by molar-refractivity contribution is 5.91. The molecule has 4 aliphatic carbocycles. The molecule has 1 heterocycles. The van der Waals surface area contributed by atoms with Crippen molar-refractivity contribution in [2.24, 2.45) is 40.5 Å². The van der Waals surface area contributed by atoms with Gasteiger partial charge in [0.2, 0.25) is 5.91 Å². The van der Waals surface area contributed by atoms with Gasteiger partial charge in [0.25, 0.3) is 0 Å². The van der Waals surface area contributed by atoms with E-state index in [2.05, 4.69) is 5.16 Å². The molecule has 5 fully saturated rings. The lowest BCUT2D eigenvalue weighted by Crippen LogP contribution is -2.54. The van der Waals surface area contributed by atoms with Crippen LogP contribution in [0, 0.1) is 29.6 Å². The molecule has 0 radical (unpaired) electrons. The Bertz CT molecular complexity index is 448. The molecule has 1 aliphatic heterocycles. The Morgan fingerprint density at radius 1 is 1.10 bits per heavy atom. The first-order valence-corrected chi connectivity index (χ1v) is 8.45. The van der Waals surface area contributed by atoms with Gasteiger partial charge in [-0.2, -0.15) is 0 Å². The number of nitrogens with zero attached hydrogens (tertiary/aromatic N) is 2. The van der Waals surface area contributed by atoms with Gasteiger partial charge in [-0.05, 0) is 68.6 Å². The highest BCUT2D eigenvalue weighted by Gasteiger charge is 2.52. The van der Waals surface area contributed by atoms with E-state index in [1.165, 1.54) is 32.1 Å². The van der Waals surface area contributed by atoms with E-state index in [-0.39, 0.29) is 23.7 Å². The van der Waals surface area contributed by atoms with Crippen LogP contribution in [0.5, 0.6) is 0 Å². The number of likely N-dealkylation sites (tertiary alicyclic amines) is 1. The van der Waals surface area contributed by atoms with Gasteiger partial charge in [0.1, 0.15) is 0 Å². The topological polar surface area (TPSA) is 78.9 Å². The first-order valence-electron chi connectivity index (χ1n) is 8.45. The molecule has 4 saturated carbocycles. The van der Waals surface area contributed by atoms with E-state index < -0.39 is 0 Å². The third-order valence-corrected chi connectivity index (χ3v) is 6.50. The molecule has 5 heteroatoms. The van der Waals surface area contributed by atoms with E-state index in [4.69, 9.17) is 10.9 Å². The van der Waals surface area contributed by atoms with Gasteiger partial charge in [-0.25, -0.2) is 0 Å². The van der Waals surface area contributed by atoms with Crippen molar-refractivity contribution < 1.29 is 10.0 Å². The highest BCUT2D eigenvalue weighted by Crippen LogP contribution is 2.57. The van der Waals surface area contributed by atoms with Crippen molar-refractivity contribution in [2.45, 2.75) is 51.0 Å². The molecule has 4 bridgehead atoms. The Morgan fingerprint density at radius 3 is 2.29 bits per heavy atom. The summed E-state index contributed by atoms with van der Waals surface area (Å²) < 4.78 is 0. The largest absolute Gasteiger partial charge is 0.409 e. The van der Waals surface area contributed by atoms with E-state index >= 15 is 0 Å². The van der Waals surface area contributed by atoms with Crippen LogP contribution in [-0.4, -0.2) is 34.4 Å². The minimum absolute atomic E-state index is 0.181. The quantitative estimate of drug-likeness (QED) is 0.352. The molecular weight excluding hydrogens is 266 g/mol. The molecule has 0 aromatic carbocycles. The average Bonchev–Trinajstić information content (AvgIpc) is 2.94. The third kappa shape index (κ3) is 2.04. The number of rotatable bonds is 2. The molecule has 1 saturated heterocycles. The van der Waals surface area contributed by atoms with Crippen molar-refractivity contribution in [3.8, 4) is 0 Å². The van der Waals surface area contributed by atoms with Crippen LogP contribution in [0.25, 0.3) is 0 Å². The second-order valence-electron chi connectivity index (χ2n) is 7.67. The zero-order valence-corrected chi connectivity index (χ0v) is 12.4. The molecule has 0 spiro atoms. The molecule has 21 heavy (non-hydrogen) atoms. The maximum Gasteiger partial charge on any atom is 0.226 e. The Morgan fingerprint density at radius 2 is 1.71 bits per heavy atom. The monoisotopic (exact) mass is 291 g/mol. The fraction of sp³-hybridized carbons (Fsp3) is 0.875. The zero-order valence-electron chi connectivity index (χ0n) is 12.4. The molecule has 1 unspecified atom stereocenters. The zero-order chi connectivity index (χ0) is 14.6. The average molecular weight is 291 g/mol. The van der Waals surface area contributed by atoms with Gasteiger partial charge in [-0.3, -0.25) is 4.79 Å². The first-order chi connectivity index (χ1) is 10.2. The van der Waals surface area contributed by atoms with Gasteiger partial charge < -0.3 is 15.8 Å². The summed E-state index contributed by atoms with van der Waals surface area (Å²) in [6, 6.07) is -0.181. The van der Waals surface area contributed by atoms with Crippen LogP contribution in [0.15, 0.2) is 5.16 Å². The van der Waals surface area contributed by atoms with E-state index in [1.54, 1.807) is 0 Å². The first kappa shape index (κ1) is 13.4. The molecular formula is C16H25N3O2. The van der Waals surface area contributed by atoms with Gasteiger partial charge >= 0.3 is 0 Å². The summed E-state index contributed by atoms with van der Waals surface area (Å²) in [5.74, 6) is 3.67. The molecule has 1 atom stereocenters. The maximum atomic E-state index is 13.1. The predicted molar refractivity (Wildman–Crippen MR) is 78.7 cm³/mol. The number of oxime groups is 1. The number of amidine groups is 1. The minimum atomic E-state index is -0.181. The standard InChI is InChI=1S/C16H25N3O2/c17-15(18-21)13-2-1-3-19(13)16(20)14-11-5-9-4-10(7-11)8-12(14)6-9/h9-14,21H,1-8H2,(H2,17,18). The molecule has 1 amide bonds. The molecule has 5 aliphatic rings. The van der Waals surface area contributed by atoms with Gasteiger partial charge in [-0.15, -0.1) is 0 Å². The van der Waals surface area contributed by atoms with Crippen molar-refractivity contribution in [2.75, 3.05) is 6.54 Å². The van der Waals surface area contributed by atoms with Crippen LogP contribution in [0.4, 0.5) is 0 Å². The summed E-state index contributed by atoms with van der Waals surface area (Å²) >= 11 is 0. The number of carbonyl (C=O) groups is 1. The highest BCUT2D eigenvalue weighted by atomic mass is 16.4. The number of hydrogen-bond donors (Lipinski definition) is 2. The van der Waals surface area contributed by atoms with Gasteiger partial charge in [-0.1, -0.05) is 5.16 Å². The SMILES string of the molecule is NC(=NO)C1CCCN1C(=O)C1C2CC3CC(C2)CC1C3. The summed E-state index contributed by atoms with van der Waals surface area (Å²) in [5, 5.41) is 12.1. The second kappa shape index (κ2) is 4.89. The summed E-state index contributed by atoms with van der Waals surface area (Å²) in [7, 11) is 0. The number of nitrogens with two attached hydrogens (primary N) is 1. The Balaban J connectivity index is 1.55. The van der Waals surface area contributed by atoms with Crippen molar-refractivity contribution in [1.29, 1.82) is 0 Å². The Kier molecular flexibility index (Phi) is 3.12. The Hall–Kier alpha value is -1.26. The lowest BCUT2D eigenvalue weighted by Gasteiger charge is -2.54. The molecule has 116 valence electrons. The van der Waals surface area contributed by atoms with Crippen molar-refractivity contribution in [3.05, 3.63) is 0 Å². The van der Waals surface area contributed by atoms with Gasteiger partial charge in [0.05, 0.1) is 6.04 Å². The van der Waals surface area contributed by atoms with Crippen LogP contribution >= 0.6 is 0 Å². The smallest absolute Gasteiger partial charge is 0.226 e. The summed E-state index contributed by atoms with van der Waals surface area (Å²) in [5.41, 5.74) is 5.79. The van der Waals surface area contributed by atoms with Crippen LogP contribution in [0.2, 0.25) is 0 Å². The Labute approximate surface area is 125 Å². The normalized spacial score (nSPS) is 45.3. The van der Waals surface area contributed by atoms with Crippen LogP contribution in [0.1, 0.15) is 44.9 Å². The lowest BCUT2D eigenvalue weighted by atomic mass is 9.51. The number of carbonyl (C=O) groups excluding carboxylic acids is 1. The van der Waals surface area contributed by atoms with Crippen molar-refractivity contribution in [3.63, 3.8) is 0 Å². The van der Waals surface area contributed by atoms with E-state index in [0.29, 0.717) is 11.8 Å². The molecule has 5 rings (SSSR count). The number of amides is 1. The van der Waals surface area contributed by atoms with Gasteiger partial charge in [0, 0.05) is 12.5 Å². The van der Waals surface area contributed by atoms with E-state index in [0.717, 1.165) is 31.2 Å². The molecule has 0 aromatic heterocycles. The predicted octanol–water partition coefficient (Wildman–Crippen LogP) is 1.80. The fourth-order valence-corrected chi connectivity index (χ4v) is 5.92. The molecule has 0 aromatic rings. The van der Waals surface area contributed by atoms with Crippen LogP contribution < -0.4 is 5.73 Å². The van der Waals surface area contributed by atoms with Crippen LogP contribution in [0.3, 0.4) is 0 Å². The minimum Gasteiger partial charge on any atom is -0.409 e. The molecule has 3 N–H and O–H groups in total. The number of hydrogen-bond acceptors (Lipinski definition) is 3. The summed E-state index contributed by atoms with van der Waals surface area (Å²) in [4.78, 5) is 15.0. The summed E-state index contributed by atoms with van der Waals surface area (Å²) in [6.45, 7) is 0.766. The lowest BCUT2D eigenvalue weighted by molar-refractivity contribution is -0.148. The fourth-order valence-electron chi connectivity index (χ4n) is 5.92. The van der Waals surface area contributed by atoms with Crippen LogP contribution in [-0.2, 0) is 4.79 Å². The van der Waals surface area contributed by atoms with E-state index in [9.17, 15) is 4.79 Å². The van der Waals surface area contributed by atoms with Crippen molar-refractivity contribution in [1.82, 2.24) is 4.90 Å². The molecule has 5 nitrogen and oxygen atoms in total. The van der Waals surface area contributed by atoms with Gasteiger partial charge in [0.15, 0.2) is 5.84 Å². The third-order valence-electron chi connectivity index (χ3n) is 6.50. The second-order valence-corrected chi connectivity index (χ2v) is 7.67. The summed E-state index contributed by atoms with van der Waals surface area (Å²) in [6.07, 6.45) is 8.22. The van der Waals surface area contributed by atoms with E-state index in [1.807, 2.05) is 4.90 Å².